The van der Waals surface area contributed by atoms with E-state index < -0.39 is 22.8 Å². The number of hydrogen-bond acceptors (Lipinski definition) is 13. The Bertz CT molecular complexity index is 1590. The highest BCUT2D eigenvalue weighted by Crippen LogP contribution is 2.43. The summed E-state index contributed by atoms with van der Waals surface area (Å²) in [6.07, 6.45) is 8.97. The average Bonchev–Trinajstić information content (AvgIpc) is 3.83. The first-order valence-corrected chi connectivity index (χ1v) is 23.6. The minimum Gasteiger partial charge on any atom is -0.481 e. The summed E-state index contributed by atoms with van der Waals surface area (Å²) in [5.74, 6) is 0.334. The Labute approximate surface area is 378 Å². The van der Waals surface area contributed by atoms with E-state index in [-0.39, 0.29) is 55.7 Å². The third-order valence-corrected chi connectivity index (χ3v) is 12.2. The van der Waals surface area contributed by atoms with Crippen LogP contribution in [0.2, 0.25) is 0 Å². The lowest BCUT2D eigenvalue weighted by Gasteiger charge is -2.34. The summed E-state index contributed by atoms with van der Waals surface area (Å²) in [5.41, 5.74) is 0.431. The van der Waals surface area contributed by atoms with Crippen LogP contribution in [0.1, 0.15) is 132 Å². The zero-order chi connectivity index (χ0) is 46.4. The normalized spacial score (nSPS) is 23.1. The highest BCUT2D eigenvalue weighted by molar-refractivity contribution is 5.83. The molecule has 2 saturated carbocycles. The smallest absolute Gasteiger partial charge is 0.320 e. The number of ether oxygens (including phenoxy) is 3. The molecule has 0 amide bonds. The summed E-state index contributed by atoms with van der Waals surface area (Å²) in [7, 11) is 0. The van der Waals surface area contributed by atoms with Gasteiger partial charge in [-0.15, -0.1) is 0 Å². The molecule has 1 heterocycles. The van der Waals surface area contributed by atoms with E-state index >= 15 is 0 Å². The maximum absolute atomic E-state index is 14.1. The number of benzene rings is 1. The van der Waals surface area contributed by atoms with E-state index in [1.54, 1.807) is 0 Å². The molecule has 4 atom stereocenters. The van der Waals surface area contributed by atoms with Crippen molar-refractivity contribution in [3.05, 3.63) is 29.8 Å². The second-order valence-corrected chi connectivity index (χ2v) is 21.4. The number of Topliss-reactive ketones (excluding diaryl/α,β-unsaturated/α-hetero) is 1. The Hall–Kier alpha value is -3.59. The fraction of sp³-hybridized carbons (Fsp3) is 0.776. The Morgan fingerprint density at radius 1 is 0.571 bits per heavy atom. The van der Waals surface area contributed by atoms with Crippen LogP contribution < -0.4 is 5.32 Å². The van der Waals surface area contributed by atoms with Crippen molar-refractivity contribution in [1.82, 2.24) is 19.6 Å². The molecule has 0 spiro atoms. The summed E-state index contributed by atoms with van der Waals surface area (Å²) in [4.78, 5) is 72.5. The van der Waals surface area contributed by atoms with Crippen molar-refractivity contribution in [2.75, 3.05) is 90.4 Å². The number of carboxylic acids is 1. The molecule has 3 fully saturated rings. The second-order valence-electron chi connectivity index (χ2n) is 21.4. The van der Waals surface area contributed by atoms with E-state index in [4.69, 9.17) is 19.3 Å². The van der Waals surface area contributed by atoms with Gasteiger partial charge in [-0.2, -0.15) is 0 Å². The molecule has 1 aromatic rings. The topological polar surface area (TPSA) is 158 Å². The molecule has 4 rings (SSSR count). The lowest BCUT2D eigenvalue weighted by atomic mass is 9.90. The van der Waals surface area contributed by atoms with Crippen LogP contribution in [0.4, 0.5) is 5.69 Å². The highest BCUT2D eigenvalue weighted by atomic mass is 16.6. The molecular weight excluding hydrogens is 803 g/mol. The molecule has 1 saturated heterocycles. The van der Waals surface area contributed by atoms with Crippen molar-refractivity contribution in [3.8, 4) is 0 Å². The largest absolute Gasteiger partial charge is 0.481 e. The number of esters is 3. The first kappa shape index (κ1) is 52.0. The van der Waals surface area contributed by atoms with Gasteiger partial charge in [0, 0.05) is 70.5 Å². The summed E-state index contributed by atoms with van der Waals surface area (Å²) in [6, 6.07) is 8.48. The van der Waals surface area contributed by atoms with Crippen molar-refractivity contribution in [2.45, 2.75) is 143 Å². The second kappa shape index (κ2) is 24.1. The Balaban J connectivity index is 1.36. The van der Waals surface area contributed by atoms with E-state index in [9.17, 15) is 24.0 Å². The van der Waals surface area contributed by atoms with Gasteiger partial charge in [0.1, 0.15) is 22.6 Å². The van der Waals surface area contributed by atoms with Gasteiger partial charge in [-0.25, -0.2) is 0 Å². The predicted molar refractivity (Wildman–Crippen MR) is 246 cm³/mol. The molecule has 1 aromatic carbocycles. The van der Waals surface area contributed by atoms with Crippen molar-refractivity contribution in [2.24, 2.45) is 17.8 Å². The number of ketones is 1. The summed E-state index contributed by atoms with van der Waals surface area (Å²) in [6.45, 7) is 21.8. The van der Waals surface area contributed by atoms with Gasteiger partial charge in [-0.3, -0.25) is 43.6 Å². The molecule has 356 valence electrons. The molecule has 0 radical (unpaired) electrons. The Kier molecular flexibility index (Phi) is 19.9. The minimum atomic E-state index is -0.804. The van der Waals surface area contributed by atoms with E-state index in [0.29, 0.717) is 83.2 Å². The number of carboxylic acid groups (broad SMARTS) is 1. The van der Waals surface area contributed by atoms with E-state index in [0.717, 1.165) is 31.4 Å². The summed E-state index contributed by atoms with van der Waals surface area (Å²) in [5, 5.41) is 12.1. The SMILES string of the molecule is CC(C)(C)OC(=O)CN1CCN(CC(=O)OC(C)(C)C)CCN(CC(=O)C2CCC(CCC3CCC(c4ccc(NCCC(=O)O)cc4)C3)C2)CCN(CC(=O)OC(C)(C)C)CC1. The lowest BCUT2D eigenvalue weighted by molar-refractivity contribution is -0.158. The highest BCUT2D eigenvalue weighted by Gasteiger charge is 2.33. The van der Waals surface area contributed by atoms with Gasteiger partial charge in [0.2, 0.25) is 0 Å². The monoisotopic (exact) mass is 884 g/mol. The third-order valence-electron chi connectivity index (χ3n) is 12.2. The van der Waals surface area contributed by atoms with Crippen LogP contribution in [0.25, 0.3) is 0 Å². The van der Waals surface area contributed by atoms with Crippen LogP contribution in [0.5, 0.6) is 0 Å². The maximum atomic E-state index is 14.1. The van der Waals surface area contributed by atoms with Crippen molar-refractivity contribution >= 4 is 35.3 Å². The molecule has 2 N–H and O–H groups in total. The van der Waals surface area contributed by atoms with E-state index in [1.807, 2.05) is 67.2 Å². The van der Waals surface area contributed by atoms with Crippen molar-refractivity contribution in [1.29, 1.82) is 0 Å². The first-order valence-electron chi connectivity index (χ1n) is 23.6. The number of aliphatic carboxylic acids is 1. The fourth-order valence-electron chi connectivity index (χ4n) is 9.16. The Morgan fingerprint density at radius 2 is 0.968 bits per heavy atom. The molecule has 1 aliphatic heterocycles. The van der Waals surface area contributed by atoms with Gasteiger partial charge in [-0.1, -0.05) is 25.0 Å². The standard InChI is InChI=1S/C49H81N5O9/c1-47(2,3)61-44(58)33-52-24-22-51(23-25-53(34-45(59)62-48(4,5)6)27-29-54(28-26-52)35-46(60)63-49(7,8)9)32-42(55)40-15-13-37(31-40)11-10-36-12-14-39(30-36)38-16-18-41(19-17-38)50-21-20-43(56)57/h16-19,36-37,39-40,50H,10-15,20-35H2,1-9H3,(H,56,57). The molecule has 0 bridgehead atoms. The molecule has 14 nitrogen and oxygen atoms in total. The third kappa shape index (κ3) is 20.9. The van der Waals surface area contributed by atoms with Crippen LogP contribution in [0.15, 0.2) is 24.3 Å². The van der Waals surface area contributed by atoms with Gasteiger partial charge in [0.05, 0.1) is 32.6 Å². The van der Waals surface area contributed by atoms with Crippen molar-refractivity contribution in [3.63, 3.8) is 0 Å². The van der Waals surface area contributed by atoms with Crippen LogP contribution in [0.3, 0.4) is 0 Å². The number of nitrogens with zero attached hydrogens (tertiary/aromatic N) is 4. The number of carbonyl (C=O) groups excluding carboxylic acids is 4. The van der Waals surface area contributed by atoms with Gasteiger partial charge >= 0.3 is 23.9 Å². The molecule has 4 unspecified atom stereocenters. The number of carbonyl (C=O) groups is 5. The van der Waals surface area contributed by atoms with E-state index in [1.165, 1.54) is 31.2 Å². The molecule has 3 aliphatic rings. The van der Waals surface area contributed by atoms with Gasteiger partial charge in [0.15, 0.2) is 0 Å². The van der Waals surface area contributed by atoms with Crippen LogP contribution >= 0.6 is 0 Å². The van der Waals surface area contributed by atoms with Crippen LogP contribution in [-0.4, -0.2) is 156 Å². The maximum Gasteiger partial charge on any atom is 0.320 e. The molecular formula is C49H81N5O9. The van der Waals surface area contributed by atoms with Gasteiger partial charge < -0.3 is 24.6 Å². The number of hydrogen-bond donors (Lipinski definition) is 2. The number of rotatable bonds is 17. The van der Waals surface area contributed by atoms with Gasteiger partial charge in [0.25, 0.3) is 0 Å². The van der Waals surface area contributed by atoms with Crippen molar-refractivity contribution < 1.29 is 43.3 Å². The van der Waals surface area contributed by atoms with Crippen LogP contribution in [0, 0.1) is 17.8 Å². The zero-order valence-corrected chi connectivity index (χ0v) is 40.2. The molecule has 2 aliphatic carbocycles. The Morgan fingerprint density at radius 3 is 1.38 bits per heavy atom. The zero-order valence-electron chi connectivity index (χ0n) is 40.2. The first-order chi connectivity index (χ1) is 29.5. The number of nitrogens with one attached hydrogen (secondary N) is 1. The lowest BCUT2D eigenvalue weighted by Crippen LogP contribution is -2.50. The quantitative estimate of drug-likeness (QED) is 0.130. The molecule has 63 heavy (non-hydrogen) atoms. The summed E-state index contributed by atoms with van der Waals surface area (Å²) >= 11 is 0. The average molecular weight is 884 g/mol. The molecule has 14 heteroatoms. The minimum absolute atomic E-state index is 0.0347. The summed E-state index contributed by atoms with van der Waals surface area (Å²) < 4.78 is 17.1. The van der Waals surface area contributed by atoms with Gasteiger partial charge in [-0.05, 0) is 136 Å². The van der Waals surface area contributed by atoms with E-state index in [2.05, 4.69) is 44.3 Å². The fourth-order valence-corrected chi connectivity index (χ4v) is 9.16. The molecule has 0 aromatic heterocycles. The van der Waals surface area contributed by atoms with Crippen LogP contribution in [-0.2, 0) is 38.2 Å². The predicted octanol–water partition coefficient (Wildman–Crippen LogP) is 6.47. The number of anilines is 1.